The summed E-state index contributed by atoms with van der Waals surface area (Å²) < 4.78 is 4.50. The largest absolute Gasteiger partial charge is 0.332 e. The standard InChI is InChI=1S/C18H18N8O3S2/c1-9-7-5-6-8-10(9)19-14(28)21-15-22-23-17(30-15)31-16-20-12-11(24(16)2)13(27)26(4)18(29)25(12)3/h5-8H,1-4H3,(H2,19,21,22,28). The Morgan fingerprint density at radius 1 is 1.03 bits per heavy atom. The van der Waals surface area contributed by atoms with E-state index in [1.54, 1.807) is 24.7 Å². The first kappa shape index (κ1) is 20.8. The van der Waals surface area contributed by atoms with Crippen molar-refractivity contribution < 1.29 is 4.79 Å². The van der Waals surface area contributed by atoms with Gasteiger partial charge in [0.1, 0.15) is 0 Å². The van der Waals surface area contributed by atoms with Crippen LogP contribution in [0.1, 0.15) is 5.56 Å². The number of amides is 2. The first-order chi connectivity index (χ1) is 14.8. The molecule has 13 heteroatoms. The Hall–Kier alpha value is -3.45. The van der Waals surface area contributed by atoms with Gasteiger partial charge in [-0.15, -0.1) is 10.2 Å². The fourth-order valence-corrected chi connectivity index (χ4v) is 4.63. The molecule has 0 fully saturated rings. The van der Waals surface area contributed by atoms with E-state index in [2.05, 4.69) is 25.8 Å². The van der Waals surface area contributed by atoms with Gasteiger partial charge in [0.2, 0.25) is 5.13 Å². The van der Waals surface area contributed by atoms with Crippen molar-refractivity contribution in [1.29, 1.82) is 0 Å². The summed E-state index contributed by atoms with van der Waals surface area (Å²) in [6.07, 6.45) is 0. The van der Waals surface area contributed by atoms with Crippen molar-refractivity contribution in [3.05, 3.63) is 50.7 Å². The number of nitrogens with one attached hydrogen (secondary N) is 2. The lowest BCUT2D eigenvalue weighted by molar-refractivity contribution is 0.262. The molecule has 4 aromatic rings. The average Bonchev–Trinajstić information content (AvgIpc) is 3.31. The molecule has 2 N–H and O–H groups in total. The highest BCUT2D eigenvalue weighted by atomic mass is 32.2. The zero-order chi connectivity index (χ0) is 22.3. The maximum absolute atomic E-state index is 12.5. The molecule has 0 unspecified atom stereocenters. The molecule has 11 nitrogen and oxygen atoms in total. The van der Waals surface area contributed by atoms with Crippen LogP contribution in [0.2, 0.25) is 0 Å². The van der Waals surface area contributed by atoms with Crippen molar-refractivity contribution in [3.63, 3.8) is 0 Å². The van der Waals surface area contributed by atoms with Gasteiger partial charge in [-0.25, -0.2) is 14.6 Å². The third-order valence-corrected chi connectivity index (χ3v) is 6.57. The third-order valence-electron chi connectivity index (χ3n) is 4.63. The van der Waals surface area contributed by atoms with Gasteiger partial charge in [0, 0.05) is 26.8 Å². The van der Waals surface area contributed by atoms with Crippen LogP contribution < -0.4 is 21.9 Å². The number of aromatic nitrogens is 6. The normalized spacial score (nSPS) is 11.1. The van der Waals surface area contributed by atoms with Gasteiger partial charge in [-0.2, -0.15) is 0 Å². The topological polar surface area (TPSA) is 129 Å². The van der Waals surface area contributed by atoms with Gasteiger partial charge in [-0.05, 0) is 30.3 Å². The van der Waals surface area contributed by atoms with Gasteiger partial charge in [-0.3, -0.25) is 19.2 Å². The number of hydrogen-bond acceptors (Lipinski definition) is 8. The summed E-state index contributed by atoms with van der Waals surface area (Å²) >= 11 is 2.35. The predicted molar refractivity (Wildman–Crippen MR) is 119 cm³/mol. The van der Waals surface area contributed by atoms with Crippen molar-refractivity contribution in [2.75, 3.05) is 10.6 Å². The van der Waals surface area contributed by atoms with E-state index in [1.165, 1.54) is 34.7 Å². The van der Waals surface area contributed by atoms with Crippen LogP contribution >= 0.6 is 23.1 Å². The lowest BCUT2D eigenvalue weighted by atomic mass is 10.2. The highest BCUT2D eigenvalue weighted by Gasteiger charge is 2.19. The molecular formula is C18H18N8O3S2. The molecule has 0 aliphatic rings. The van der Waals surface area contributed by atoms with Crippen molar-refractivity contribution in [2.24, 2.45) is 21.1 Å². The first-order valence-corrected chi connectivity index (χ1v) is 10.7. The molecule has 31 heavy (non-hydrogen) atoms. The van der Waals surface area contributed by atoms with E-state index >= 15 is 0 Å². The van der Waals surface area contributed by atoms with Crippen LogP contribution in [0.25, 0.3) is 11.2 Å². The molecule has 1 aromatic carbocycles. The molecule has 2 amide bonds. The second kappa shape index (κ2) is 8.00. The molecular weight excluding hydrogens is 440 g/mol. The number of aryl methyl sites for hydroxylation is 3. The van der Waals surface area contributed by atoms with Crippen molar-refractivity contribution in [2.45, 2.75) is 16.4 Å². The van der Waals surface area contributed by atoms with Crippen LogP contribution in [0.4, 0.5) is 15.6 Å². The van der Waals surface area contributed by atoms with E-state index in [9.17, 15) is 14.4 Å². The summed E-state index contributed by atoms with van der Waals surface area (Å²) in [6, 6.07) is 7.00. The van der Waals surface area contributed by atoms with Crippen LogP contribution in [0.3, 0.4) is 0 Å². The van der Waals surface area contributed by atoms with E-state index < -0.39 is 17.3 Å². The summed E-state index contributed by atoms with van der Waals surface area (Å²) in [5.74, 6) is 0. The zero-order valence-corrected chi connectivity index (χ0v) is 18.7. The van der Waals surface area contributed by atoms with Crippen LogP contribution in [-0.2, 0) is 21.1 Å². The minimum Gasteiger partial charge on any atom is -0.316 e. The summed E-state index contributed by atoms with van der Waals surface area (Å²) in [7, 11) is 4.68. The van der Waals surface area contributed by atoms with Crippen molar-refractivity contribution >= 4 is 51.1 Å². The number of fused-ring (bicyclic) bond motifs is 1. The summed E-state index contributed by atoms with van der Waals surface area (Å²) in [5.41, 5.74) is 1.37. The molecule has 0 saturated heterocycles. The SMILES string of the molecule is Cc1ccccc1NC(=O)Nc1nnc(Sc2nc3c(c(=O)n(C)c(=O)n3C)n2C)s1. The van der Waals surface area contributed by atoms with E-state index in [1.807, 2.05) is 25.1 Å². The molecule has 0 aliphatic carbocycles. The highest BCUT2D eigenvalue weighted by Crippen LogP contribution is 2.32. The van der Waals surface area contributed by atoms with Gasteiger partial charge < -0.3 is 9.88 Å². The van der Waals surface area contributed by atoms with Crippen molar-refractivity contribution in [1.82, 2.24) is 28.9 Å². The molecule has 0 bridgehead atoms. The summed E-state index contributed by atoms with van der Waals surface area (Å²) in [6.45, 7) is 1.90. The second-order valence-electron chi connectivity index (χ2n) is 6.70. The monoisotopic (exact) mass is 458 g/mol. The molecule has 160 valence electrons. The number of anilines is 2. The molecule has 0 spiro atoms. The lowest BCUT2D eigenvalue weighted by Crippen LogP contribution is -2.37. The quantitative estimate of drug-likeness (QED) is 0.447. The first-order valence-electron chi connectivity index (χ1n) is 9.03. The number of para-hydroxylation sites is 1. The Labute approximate surface area is 183 Å². The molecule has 0 radical (unpaired) electrons. The van der Waals surface area contributed by atoms with E-state index in [-0.39, 0.29) is 0 Å². The fourth-order valence-electron chi connectivity index (χ4n) is 2.93. The van der Waals surface area contributed by atoms with E-state index in [0.717, 1.165) is 10.1 Å². The van der Waals surface area contributed by atoms with Crippen LogP contribution in [0, 0.1) is 6.92 Å². The number of rotatable bonds is 4. The maximum atomic E-state index is 12.5. The number of benzene rings is 1. The number of nitrogens with zero attached hydrogens (tertiary/aromatic N) is 6. The van der Waals surface area contributed by atoms with Crippen LogP contribution in [0.5, 0.6) is 0 Å². The minimum atomic E-state index is -0.450. The Morgan fingerprint density at radius 3 is 2.52 bits per heavy atom. The van der Waals surface area contributed by atoms with Crippen LogP contribution in [-0.4, -0.2) is 34.9 Å². The Balaban J connectivity index is 1.54. The molecule has 3 aromatic heterocycles. The number of carbonyl (C=O) groups is 1. The highest BCUT2D eigenvalue weighted by molar-refractivity contribution is 8.01. The fraction of sp³-hybridized carbons (Fsp3) is 0.222. The third kappa shape index (κ3) is 3.84. The number of imidazole rings is 1. The number of urea groups is 1. The molecule has 0 atom stereocenters. The lowest BCUT2D eigenvalue weighted by Gasteiger charge is -2.07. The predicted octanol–water partition coefficient (Wildman–Crippen LogP) is 1.93. The van der Waals surface area contributed by atoms with Crippen LogP contribution in [0.15, 0.2) is 43.4 Å². The maximum Gasteiger partial charge on any atom is 0.332 e. The van der Waals surface area contributed by atoms with Gasteiger partial charge >= 0.3 is 11.7 Å². The van der Waals surface area contributed by atoms with E-state index in [0.29, 0.717) is 31.5 Å². The smallest absolute Gasteiger partial charge is 0.316 e. The van der Waals surface area contributed by atoms with Gasteiger partial charge in [0.05, 0.1) is 0 Å². The minimum absolute atomic E-state index is 0.290. The average molecular weight is 459 g/mol. The van der Waals surface area contributed by atoms with E-state index in [4.69, 9.17) is 0 Å². The molecule has 3 heterocycles. The van der Waals surface area contributed by atoms with Crippen molar-refractivity contribution in [3.8, 4) is 0 Å². The Morgan fingerprint density at radius 2 is 1.77 bits per heavy atom. The zero-order valence-electron chi connectivity index (χ0n) is 17.0. The molecule has 0 aliphatic heterocycles. The van der Waals surface area contributed by atoms with Gasteiger partial charge in [0.15, 0.2) is 20.7 Å². The van der Waals surface area contributed by atoms with Gasteiger partial charge in [-0.1, -0.05) is 29.5 Å². The Bertz CT molecular complexity index is 1430. The molecule has 4 rings (SSSR count). The molecule has 0 saturated carbocycles. The second-order valence-corrected chi connectivity index (χ2v) is 8.89. The Kier molecular flexibility index (Phi) is 5.37. The summed E-state index contributed by atoms with van der Waals surface area (Å²) in [4.78, 5) is 41.3. The number of hydrogen-bond donors (Lipinski definition) is 2. The number of carbonyl (C=O) groups excluding carboxylic acids is 1. The van der Waals surface area contributed by atoms with Gasteiger partial charge in [0.25, 0.3) is 5.56 Å². The summed E-state index contributed by atoms with van der Waals surface area (Å²) in [5, 5.41) is 14.3.